The Hall–Kier alpha value is -1.22. The molecule has 0 bridgehead atoms. The minimum atomic E-state index is -4.64. The summed E-state index contributed by atoms with van der Waals surface area (Å²) >= 11 is 22.5. The van der Waals surface area contributed by atoms with E-state index in [2.05, 4.69) is 4.99 Å². The van der Waals surface area contributed by atoms with Crippen LogP contribution in [0.15, 0.2) is 29.3 Å². The lowest BCUT2D eigenvalue weighted by Crippen LogP contribution is -2.33. The number of benzene rings is 1. The van der Waals surface area contributed by atoms with Crippen LogP contribution in [0, 0.1) is 0 Å². The van der Waals surface area contributed by atoms with Gasteiger partial charge in [0.25, 0.3) is 5.91 Å². The van der Waals surface area contributed by atoms with E-state index in [0.717, 1.165) is 19.2 Å². The number of rotatable bonds is 2. The van der Waals surface area contributed by atoms with E-state index >= 15 is 0 Å². The van der Waals surface area contributed by atoms with Crippen LogP contribution in [0.4, 0.5) is 23.7 Å². The first-order chi connectivity index (χ1) is 11.3. The summed E-state index contributed by atoms with van der Waals surface area (Å²) in [5.74, 6) is -1.46. The Morgan fingerprint density at radius 1 is 1.16 bits per heavy atom. The van der Waals surface area contributed by atoms with Crippen molar-refractivity contribution in [2.75, 3.05) is 11.9 Å². The molecule has 1 aromatic rings. The third-order valence-corrected chi connectivity index (χ3v) is 4.50. The fourth-order valence-electron chi connectivity index (χ4n) is 1.92. The minimum Gasteiger partial charge on any atom is -0.265 e. The SMILES string of the molecule is CN1C(=O)C(=NC(Cl)C(Cl)(Cl)Cl)N(c2cccc(C(F)(F)F)c2)C1=O. The normalized spacial score (nSPS) is 19.1. The van der Waals surface area contributed by atoms with Crippen molar-refractivity contribution in [2.24, 2.45) is 4.99 Å². The first-order valence-electron chi connectivity index (χ1n) is 6.42. The Bertz CT molecular complexity index is 749. The zero-order chi connectivity index (χ0) is 19.2. The number of alkyl halides is 7. The second kappa shape index (κ2) is 6.83. The standard InChI is InChI=1S/C13H8Cl4F3N3O2/c1-22-9(24)8(21-10(14)12(15,16)17)23(11(22)25)7-4-2-3-6(5-7)13(18,19)20/h2-5,10H,1H3. The predicted molar refractivity (Wildman–Crippen MR) is 89.5 cm³/mol. The molecule has 1 heterocycles. The van der Waals surface area contributed by atoms with Gasteiger partial charge in [-0.3, -0.25) is 9.69 Å². The van der Waals surface area contributed by atoms with E-state index in [9.17, 15) is 22.8 Å². The number of carbonyl (C=O) groups is 2. The molecule has 3 amide bonds. The summed E-state index contributed by atoms with van der Waals surface area (Å²) in [6, 6.07) is 2.87. The number of amidine groups is 1. The van der Waals surface area contributed by atoms with Gasteiger partial charge in [0.15, 0.2) is 5.50 Å². The van der Waals surface area contributed by atoms with Crippen molar-refractivity contribution in [1.82, 2.24) is 4.90 Å². The van der Waals surface area contributed by atoms with Crippen LogP contribution in [-0.2, 0) is 11.0 Å². The zero-order valence-electron chi connectivity index (χ0n) is 12.2. The molecule has 0 saturated carbocycles. The number of hydrogen-bond acceptors (Lipinski definition) is 3. The van der Waals surface area contributed by atoms with Gasteiger partial charge in [0.1, 0.15) is 0 Å². The fraction of sp³-hybridized carbons (Fsp3) is 0.308. The number of imide groups is 1. The monoisotopic (exact) mass is 435 g/mol. The highest BCUT2D eigenvalue weighted by Gasteiger charge is 2.44. The maximum atomic E-state index is 12.9. The number of hydrogen-bond donors (Lipinski definition) is 0. The Balaban J connectivity index is 2.55. The quantitative estimate of drug-likeness (QED) is 0.391. The topological polar surface area (TPSA) is 53.0 Å². The summed E-state index contributed by atoms with van der Waals surface area (Å²) in [6.07, 6.45) is -4.64. The largest absolute Gasteiger partial charge is 0.416 e. The predicted octanol–water partition coefficient (Wildman–Crippen LogP) is 4.44. The highest BCUT2D eigenvalue weighted by Crippen LogP contribution is 2.36. The molecule has 0 spiro atoms. The summed E-state index contributed by atoms with van der Waals surface area (Å²) in [4.78, 5) is 29.4. The molecule has 0 radical (unpaired) electrons. The van der Waals surface area contributed by atoms with Crippen molar-refractivity contribution in [3.05, 3.63) is 29.8 Å². The van der Waals surface area contributed by atoms with E-state index in [-0.39, 0.29) is 5.69 Å². The number of urea groups is 1. The van der Waals surface area contributed by atoms with Crippen LogP contribution in [0.25, 0.3) is 0 Å². The summed E-state index contributed by atoms with van der Waals surface area (Å²) in [6.45, 7) is 0. The van der Waals surface area contributed by atoms with Crippen molar-refractivity contribution >= 4 is 69.9 Å². The number of aliphatic imine (C=N–C) groups is 1. The average molecular weight is 437 g/mol. The van der Waals surface area contributed by atoms with Gasteiger partial charge in [-0.15, -0.1) is 0 Å². The van der Waals surface area contributed by atoms with Crippen LogP contribution in [0.3, 0.4) is 0 Å². The second-order valence-corrected chi connectivity index (χ2v) is 7.64. The van der Waals surface area contributed by atoms with E-state index in [1.165, 1.54) is 6.07 Å². The molecule has 1 aromatic carbocycles. The molecule has 1 aliphatic heterocycles. The molecule has 25 heavy (non-hydrogen) atoms. The lowest BCUT2D eigenvalue weighted by atomic mass is 10.2. The molecule has 0 aliphatic carbocycles. The minimum absolute atomic E-state index is 0.232. The van der Waals surface area contributed by atoms with Gasteiger partial charge >= 0.3 is 12.2 Å². The number of likely N-dealkylation sites (N-methyl/N-ethyl adjacent to an activating group) is 1. The molecule has 12 heteroatoms. The first kappa shape index (κ1) is 20.1. The molecule has 1 fully saturated rings. The van der Waals surface area contributed by atoms with Crippen LogP contribution in [0.5, 0.6) is 0 Å². The van der Waals surface area contributed by atoms with Gasteiger partial charge in [0.05, 0.1) is 11.3 Å². The molecule has 1 aliphatic rings. The summed E-state index contributed by atoms with van der Waals surface area (Å²) < 4.78 is 36.6. The molecule has 5 nitrogen and oxygen atoms in total. The fourth-order valence-corrected chi connectivity index (χ4v) is 2.16. The van der Waals surface area contributed by atoms with E-state index < -0.39 is 38.8 Å². The molecule has 1 saturated heterocycles. The van der Waals surface area contributed by atoms with Gasteiger partial charge < -0.3 is 0 Å². The summed E-state index contributed by atoms with van der Waals surface area (Å²) in [7, 11) is 1.13. The lowest BCUT2D eigenvalue weighted by molar-refractivity contribution is -0.137. The number of halogens is 7. The smallest absolute Gasteiger partial charge is 0.265 e. The summed E-state index contributed by atoms with van der Waals surface area (Å²) in [5.41, 5.74) is -2.79. The van der Waals surface area contributed by atoms with E-state index in [4.69, 9.17) is 46.4 Å². The van der Waals surface area contributed by atoms with Crippen LogP contribution in [-0.4, -0.2) is 39.0 Å². The molecule has 0 aromatic heterocycles. The number of carbonyl (C=O) groups excluding carboxylic acids is 2. The van der Waals surface area contributed by atoms with Crippen LogP contribution in [0.2, 0.25) is 0 Å². The lowest BCUT2D eigenvalue weighted by Gasteiger charge is -2.19. The van der Waals surface area contributed by atoms with E-state index in [1.807, 2.05) is 0 Å². The molecule has 1 unspecified atom stereocenters. The molecule has 2 rings (SSSR count). The number of amides is 3. The number of anilines is 1. The molecular weight excluding hydrogens is 429 g/mol. The van der Waals surface area contributed by atoms with Crippen molar-refractivity contribution < 1.29 is 22.8 Å². The van der Waals surface area contributed by atoms with Gasteiger partial charge in [0.2, 0.25) is 9.63 Å². The third-order valence-electron chi connectivity index (χ3n) is 3.12. The van der Waals surface area contributed by atoms with Gasteiger partial charge in [-0.2, -0.15) is 13.2 Å². The van der Waals surface area contributed by atoms with Crippen LogP contribution in [0.1, 0.15) is 5.56 Å². The first-order valence-corrected chi connectivity index (χ1v) is 7.99. The highest BCUT2D eigenvalue weighted by molar-refractivity contribution is 6.70. The Labute approximate surface area is 159 Å². The van der Waals surface area contributed by atoms with Gasteiger partial charge in [-0.1, -0.05) is 52.5 Å². The maximum absolute atomic E-state index is 12.9. The maximum Gasteiger partial charge on any atom is 0.416 e. The average Bonchev–Trinajstić information content (AvgIpc) is 2.70. The van der Waals surface area contributed by atoms with Crippen molar-refractivity contribution in [3.63, 3.8) is 0 Å². The Morgan fingerprint density at radius 3 is 2.28 bits per heavy atom. The zero-order valence-corrected chi connectivity index (χ0v) is 15.2. The second-order valence-electron chi connectivity index (χ2n) is 4.86. The molecule has 1 atom stereocenters. The van der Waals surface area contributed by atoms with Gasteiger partial charge in [-0.05, 0) is 18.2 Å². The van der Waals surface area contributed by atoms with Crippen LogP contribution >= 0.6 is 46.4 Å². The van der Waals surface area contributed by atoms with Crippen molar-refractivity contribution in [3.8, 4) is 0 Å². The number of nitrogens with zero attached hydrogens (tertiary/aromatic N) is 3. The van der Waals surface area contributed by atoms with E-state index in [0.29, 0.717) is 15.9 Å². The van der Waals surface area contributed by atoms with Crippen molar-refractivity contribution in [2.45, 2.75) is 15.5 Å². The van der Waals surface area contributed by atoms with Crippen molar-refractivity contribution in [1.29, 1.82) is 0 Å². The molecule has 136 valence electrons. The van der Waals surface area contributed by atoms with E-state index in [1.54, 1.807) is 0 Å². The van der Waals surface area contributed by atoms with Gasteiger partial charge in [0, 0.05) is 7.05 Å². The Morgan fingerprint density at radius 2 is 1.76 bits per heavy atom. The third kappa shape index (κ3) is 4.13. The molecule has 0 N–H and O–H groups in total. The Kier molecular flexibility index (Phi) is 5.49. The van der Waals surface area contributed by atoms with Crippen LogP contribution < -0.4 is 4.90 Å². The highest BCUT2D eigenvalue weighted by atomic mass is 35.6. The summed E-state index contributed by atoms with van der Waals surface area (Å²) in [5, 5.41) is 0. The molecular formula is C13H8Cl4F3N3O2. The van der Waals surface area contributed by atoms with Gasteiger partial charge in [-0.25, -0.2) is 14.7 Å².